The largest absolute Gasteiger partial charge is 0.493 e. The second-order valence-corrected chi connectivity index (χ2v) is 6.34. The highest BCUT2D eigenvalue weighted by molar-refractivity contribution is 5.79. The van der Waals surface area contributed by atoms with Crippen LogP contribution in [0, 0.1) is 0 Å². The van der Waals surface area contributed by atoms with Gasteiger partial charge < -0.3 is 29.6 Å². The van der Waals surface area contributed by atoms with Crippen molar-refractivity contribution in [3.05, 3.63) is 53.1 Å². The normalized spacial score (nSPS) is 11.1. The van der Waals surface area contributed by atoms with Gasteiger partial charge in [0.15, 0.2) is 17.5 Å². The van der Waals surface area contributed by atoms with Crippen LogP contribution < -0.4 is 24.8 Å². The highest BCUT2D eigenvalue weighted by Gasteiger charge is 2.13. The Morgan fingerprint density at radius 1 is 0.862 bits per heavy atom. The van der Waals surface area contributed by atoms with Crippen LogP contribution in [0.15, 0.2) is 41.4 Å². The van der Waals surface area contributed by atoms with E-state index in [4.69, 9.17) is 18.9 Å². The minimum absolute atomic E-state index is 0.468. The fraction of sp³-hybridized carbons (Fsp3) is 0.409. The van der Waals surface area contributed by atoms with Crippen LogP contribution in [0.2, 0.25) is 0 Å². The number of ether oxygens (including phenoxy) is 4. The van der Waals surface area contributed by atoms with Crippen molar-refractivity contribution in [2.45, 2.75) is 26.6 Å². The Labute approximate surface area is 173 Å². The summed E-state index contributed by atoms with van der Waals surface area (Å²) in [6, 6.07) is 12.1. The first-order valence-corrected chi connectivity index (χ1v) is 9.52. The first-order chi connectivity index (χ1) is 14.1. The number of benzene rings is 2. The van der Waals surface area contributed by atoms with Crippen LogP contribution in [-0.2, 0) is 24.4 Å². The molecule has 0 aliphatic heterocycles. The molecule has 0 saturated carbocycles. The molecule has 29 heavy (non-hydrogen) atoms. The lowest BCUT2D eigenvalue weighted by Crippen LogP contribution is -2.36. The van der Waals surface area contributed by atoms with Crippen molar-refractivity contribution >= 4 is 5.96 Å². The van der Waals surface area contributed by atoms with Gasteiger partial charge in [-0.25, -0.2) is 4.99 Å². The Morgan fingerprint density at radius 3 is 2.14 bits per heavy atom. The van der Waals surface area contributed by atoms with E-state index in [1.165, 1.54) is 0 Å². The zero-order chi connectivity index (χ0) is 21.1. The standard InChI is InChI=1S/C22H31N3O4/c1-6-23-22(24-13-16-8-7-9-17(10-16)15-26-2)25-14-18-11-19(27-3)21(29-5)20(12-18)28-4/h7-12H,6,13-15H2,1-5H3,(H2,23,24,25). The maximum absolute atomic E-state index is 5.42. The molecule has 0 spiro atoms. The second-order valence-electron chi connectivity index (χ2n) is 6.34. The van der Waals surface area contributed by atoms with Crippen molar-refractivity contribution < 1.29 is 18.9 Å². The van der Waals surface area contributed by atoms with Crippen LogP contribution in [0.4, 0.5) is 0 Å². The summed E-state index contributed by atoms with van der Waals surface area (Å²) >= 11 is 0. The zero-order valence-electron chi connectivity index (χ0n) is 17.9. The molecule has 2 aromatic rings. The quantitative estimate of drug-likeness (QED) is 0.471. The summed E-state index contributed by atoms with van der Waals surface area (Å²) in [6.45, 7) is 4.54. The van der Waals surface area contributed by atoms with Crippen LogP contribution in [0.25, 0.3) is 0 Å². The molecule has 158 valence electrons. The summed E-state index contributed by atoms with van der Waals surface area (Å²) in [6.07, 6.45) is 0. The molecule has 7 heteroatoms. The fourth-order valence-electron chi connectivity index (χ4n) is 2.92. The van der Waals surface area contributed by atoms with E-state index >= 15 is 0 Å². The van der Waals surface area contributed by atoms with Gasteiger partial charge in [0.2, 0.25) is 5.75 Å². The summed E-state index contributed by atoms with van der Waals surface area (Å²) < 4.78 is 21.4. The monoisotopic (exact) mass is 401 g/mol. The van der Waals surface area contributed by atoms with Gasteiger partial charge in [-0.15, -0.1) is 0 Å². The van der Waals surface area contributed by atoms with E-state index in [0.29, 0.717) is 36.9 Å². The number of methoxy groups -OCH3 is 4. The molecular weight excluding hydrogens is 370 g/mol. The number of hydrogen-bond acceptors (Lipinski definition) is 5. The van der Waals surface area contributed by atoms with Gasteiger partial charge in [0.25, 0.3) is 0 Å². The minimum Gasteiger partial charge on any atom is -0.493 e. The predicted molar refractivity (Wildman–Crippen MR) is 115 cm³/mol. The fourth-order valence-corrected chi connectivity index (χ4v) is 2.92. The average Bonchev–Trinajstić information content (AvgIpc) is 2.75. The maximum atomic E-state index is 5.42. The Balaban J connectivity index is 2.11. The third-order valence-corrected chi connectivity index (χ3v) is 4.25. The molecule has 0 unspecified atom stereocenters. The lowest BCUT2D eigenvalue weighted by Gasteiger charge is -2.14. The van der Waals surface area contributed by atoms with Crippen molar-refractivity contribution in [2.24, 2.45) is 4.99 Å². The summed E-state index contributed by atoms with van der Waals surface area (Å²) in [7, 11) is 6.50. The summed E-state index contributed by atoms with van der Waals surface area (Å²) in [4.78, 5) is 4.68. The lowest BCUT2D eigenvalue weighted by atomic mass is 10.1. The molecule has 0 heterocycles. The predicted octanol–water partition coefficient (Wildman–Crippen LogP) is 3.11. The zero-order valence-corrected chi connectivity index (χ0v) is 17.9. The summed E-state index contributed by atoms with van der Waals surface area (Å²) in [5, 5.41) is 6.64. The third-order valence-electron chi connectivity index (χ3n) is 4.25. The van der Waals surface area contributed by atoms with Crippen LogP contribution in [0.3, 0.4) is 0 Å². The van der Waals surface area contributed by atoms with E-state index in [-0.39, 0.29) is 0 Å². The van der Waals surface area contributed by atoms with Crippen LogP contribution >= 0.6 is 0 Å². The van der Waals surface area contributed by atoms with Crippen molar-refractivity contribution in [1.29, 1.82) is 0 Å². The van der Waals surface area contributed by atoms with Crippen LogP contribution in [0.5, 0.6) is 17.2 Å². The topological polar surface area (TPSA) is 73.3 Å². The Morgan fingerprint density at radius 2 is 1.55 bits per heavy atom. The van der Waals surface area contributed by atoms with E-state index in [1.807, 2.05) is 25.1 Å². The van der Waals surface area contributed by atoms with E-state index in [1.54, 1.807) is 28.4 Å². The molecule has 7 nitrogen and oxygen atoms in total. The SMILES string of the molecule is CCNC(=NCc1cc(OC)c(OC)c(OC)c1)NCc1cccc(COC)c1. The molecule has 0 saturated heterocycles. The second kappa shape index (κ2) is 11.8. The molecule has 0 fully saturated rings. The Hall–Kier alpha value is -2.93. The van der Waals surface area contributed by atoms with E-state index in [9.17, 15) is 0 Å². The van der Waals surface area contributed by atoms with Crippen LogP contribution in [-0.4, -0.2) is 40.9 Å². The van der Waals surface area contributed by atoms with Gasteiger partial charge in [0.05, 0.1) is 34.5 Å². The minimum atomic E-state index is 0.468. The number of nitrogens with zero attached hydrogens (tertiary/aromatic N) is 1. The summed E-state index contributed by atoms with van der Waals surface area (Å²) in [5.74, 6) is 2.54. The van der Waals surface area contributed by atoms with Crippen molar-refractivity contribution in [3.8, 4) is 17.2 Å². The maximum Gasteiger partial charge on any atom is 0.203 e. The molecule has 0 atom stereocenters. The average molecular weight is 402 g/mol. The van der Waals surface area contributed by atoms with Gasteiger partial charge in [-0.2, -0.15) is 0 Å². The lowest BCUT2D eigenvalue weighted by molar-refractivity contribution is 0.185. The first kappa shape index (κ1) is 22.4. The molecular formula is C22H31N3O4. The highest BCUT2D eigenvalue weighted by Crippen LogP contribution is 2.38. The van der Waals surface area contributed by atoms with Gasteiger partial charge in [-0.1, -0.05) is 24.3 Å². The van der Waals surface area contributed by atoms with Crippen molar-refractivity contribution in [1.82, 2.24) is 10.6 Å². The van der Waals surface area contributed by atoms with Crippen molar-refractivity contribution in [2.75, 3.05) is 35.0 Å². The molecule has 0 radical (unpaired) electrons. The number of hydrogen-bond donors (Lipinski definition) is 2. The highest BCUT2D eigenvalue weighted by atomic mass is 16.5. The Bertz CT molecular complexity index is 783. The summed E-state index contributed by atoms with van der Waals surface area (Å²) in [5.41, 5.74) is 3.27. The molecule has 0 aliphatic rings. The number of rotatable bonds is 10. The Kier molecular flexibility index (Phi) is 9.11. The molecule has 0 aliphatic carbocycles. The molecule has 2 aromatic carbocycles. The third kappa shape index (κ3) is 6.57. The van der Waals surface area contributed by atoms with E-state index in [2.05, 4.69) is 33.8 Å². The van der Waals surface area contributed by atoms with Crippen molar-refractivity contribution in [3.63, 3.8) is 0 Å². The van der Waals surface area contributed by atoms with Gasteiger partial charge in [0.1, 0.15) is 0 Å². The molecule has 0 aromatic heterocycles. The molecule has 0 bridgehead atoms. The van der Waals surface area contributed by atoms with E-state index < -0.39 is 0 Å². The number of aliphatic imine (C=N–C) groups is 1. The van der Waals surface area contributed by atoms with Gasteiger partial charge >= 0.3 is 0 Å². The smallest absolute Gasteiger partial charge is 0.203 e. The number of guanidine groups is 1. The van der Waals surface area contributed by atoms with E-state index in [0.717, 1.165) is 29.2 Å². The molecule has 2 rings (SSSR count). The number of nitrogens with one attached hydrogen (secondary N) is 2. The van der Waals surface area contributed by atoms with Crippen LogP contribution in [0.1, 0.15) is 23.6 Å². The first-order valence-electron chi connectivity index (χ1n) is 9.52. The van der Waals surface area contributed by atoms with Gasteiger partial charge in [-0.3, -0.25) is 0 Å². The molecule has 0 amide bonds. The van der Waals surface area contributed by atoms with Gasteiger partial charge in [0, 0.05) is 20.2 Å². The molecule has 2 N–H and O–H groups in total. The van der Waals surface area contributed by atoms with Gasteiger partial charge in [-0.05, 0) is 35.7 Å².